The summed E-state index contributed by atoms with van der Waals surface area (Å²) in [6.45, 7) is 3.55. The van der Waals surface area contributed by atoms with Gasteiger partial charge in [0.25, 0.3) is 0 Å². The van der Waals surface area contributed by atoms with Crippen molar-refractivity contribution in [3.05, 3.63) is 23.3 Å². The normalized spacial score (nSPS) is 10.4. The number of benzene rings is 1. The van der Waals surface area contributed by atoms with Crippen LogP contribution in [-0.2, 0) is 22.7 Å². The smallest absolute Gasteiger partial charge is 0.130 e. The summed E-state index contributed by atoms with van der Waals surface area (Å²) in [7, 11) is 4.96. The molecule has 0 saturated heterocycles. The topological polar surface area (TPSA) is 36.9 Å². The van der Waals surface area contributed by atoms with Crippen LogP contribution in [0.4, 0.5) is 0 Å². The summed E-state index contributed by atoms with van der Waals surface area (Å²) in [5.41, 5.74) is 1.95. The molecule has 1 aromatic rings. The van der Waals surface area contributed by atoms with Crippen LogP contribution in [0.5, 0.6) is 11.5 Å². The maximum atomic E-state index is 5.66. The van der Waals surface area contributed by atoms with Crippen molar-refractivity contribution in [3.8, 4) is 11.5 Å². The third kappa shape index (κ3) is 3.61. The van der Waals surface area contributed by atoms with Crippen molar-refractivity contribution >= 4 is 0 Å². The molecule has 0 heterocycles. The zero-order valence-corrected chi connectivity index (χ0v) is 10.9. The third-order valence-corrected chi connectivity index (χ3v) is 2.34. The SMILES string of the molecule is CCOc1c(COC)cc(OC)cc1COC. The number of ether oxygens (including phenoxy) is 4. The van der Waals surface area contributed by atoms with E-state index in [1.165, 1.54) is 0 Å². The van der Waals surface area contributed by atoms with E-state index in [0.717, 1.165) is 22.6 Å². The summed E-state index contributed by atoms with van der Waals surface area (Å²) >= 11 is 0. The first kappa shape index (κ1) is 13.8. The van der Waals surface area contributed by atoms with Crippen molar-refractivity contribution < 1.29 is 18.9 Å². The van der Waals surface area contributed by atoms with Crippen molar-refractivity contribution in [1.82, 2.24) is 0 Å². The second-order valence-electron chi connectivity index (χ2n) is 3.57. The first-order valence-corrected chi connectivity index (χ1v) is 5.57. The minimum atomic E-state index is 0.489. The Morgan fingerprint density at radius 3 is 1.82 bits per heavy atom. The van der Waals surface area contributed by atoms with Gasteiger partial charge >= 0.3 is 0 Å². The number of rotatable bonds is 7. The number of hydrogen-bond donors (Lipinski definition) is 0. The standard InChI is InChI=1S/C13H20O4/c1-5-17-13-10(8-14-2)6-12(16-4)7-11(13)9-15-3/h6-7H,5,8-9H2,1-4H3. The minimum Gasteiger partial charge on any atom is -0.497 e. The van der Waals surface area contributed by atoms with Gasteiger partial charge in [-0.15, -0.1) is 0 Å². The molecule has 0 aliphatic heterocycles. The van der Waals surface area contributed by atoms with Gasteiger partial charge in [-0.3, -0.25) is 0 Å². The van der Waals surface area contributed by atoms with E-state index >= 15 is 0 Å². The van der Waals surface area contributed by atoms with E-state index in [4.69, 9.17) is 18.9 Å². The summed E-state index contributed by atoms with van der Waals surface area (Å²) in [5, 5.41) is 0. The van der Waals surface area contributed by atoms with Crippen LogP contribution in [0.25, 0.3) is 0 Å². The molecule has 0 unspecified atom stereocenters. The van der Waals surface area contributed by atoms with Crippen molar-refractivity contribution in [2.24, 2.45) is 0 Å². The van der Waals surface area contributed by atoms with Crippen molar-refractivity contribution in [3.63, 3.8) is 0 Å². The molecule has 0 amide bonds. The summed E-state index contributed by atoms with van der Waals surface area (Å²) < 4.78 is 21.3. The fourth-order valence-corrected chi connectivity index (χ4v) is 1.70. The molecule has 0 saturated carbocycles. The summed E-state index contributed by atoms with van der Waals surface area (Å²) in [4.78, 5) is 0. The van der Waals surface area contributed by atoms with Gasteiger partial charge in [0.2, 0.25) is 0 Å². The molecule has 0 aliphatic rings. The van der Waals surface area contributed by atoms with Crippen molar-refractivity contribution in [1.29, 1.82) is 0 Å². The van der Waals surface area contributed by atoms with Crippen LogP contribution < -0.4 is 9.47 Å². The molecule has 0 bridgehead atoms. The lowest BCUT2D eigenvalue weighted by Gasteiger charge is -2.16. The van der Waals surface area contributed by atoms with Gasteiger partial charge in [-0.25, -0.2) is 0 Å². The Bertz CT molecular complexity index is 322. The van der Waals surface area contributed by atoms with Gasteiger partial charge < -0.3 is 18.9 Å². The van der Waals surface area contributed by atoms with Gasteiger partial charge in [-0.1, -0.05) is 0 Å². The van der Waals surface area contributed by atoms with Gasteiger partial charge in [-0.05, 0) is 19.1 Å². The maximum Gasteiger partial charge on any atom is 0.130 e. The van der Waals surface area contributed by atoms with E-state index < -0.39 is 0 Å². The van der Waals surface area contributed by atoms with Crippen molar-refractivity contribution in [2.75, 3.05) is 27.9 Å². The first-order chi connectivity index (χ1) is 8.26. The molecule has 4 nitrogen and oxygen atoms in total. The fourth-order valence-electron chi connectivity index (χ4n) is 1.70. The predicted molar refractivity (Wildman–Crippen MR) is 65.6 cm³/mol. The molecule has 96 valence electrons. The van der Waals surface area contributed by atoms with Crippen LogP contribution in [0.3, 0.4) is 0 Å². The molecule has 0 aromatic heterocycles. The first-order valence-electron chi connectivity index (χ1n) is 5.57. The van der Waals surface area contributed by atoms with Gasteiger partial charge in [0, 0.05) is 25.3 Å². The van der Waals surface area contributed by atoms with Crippen LogP contribution in [0, 0.1) is 0 Å². The van der Waals surface area contributed by atoms with Crippen LogP contribution in [0.1, 0.15) is 18.1 Å². The molecule has 0 atom stereocenters. The van der Waals surface area contributed by atoms with E-state index in [1.54, 1.807) is 21.3 Å². The zero-order chi connectivity index (χ0) is 12.7. The van der Waals surface area contributed by atoms with Crippen LogP contribution in [0.15, 0.2) is 12.1 Å². The highest BCUT2D eigenvalue weighted by Crippen LogP contribution is 2.30. The predicted octanol–water partition coefficient (Wildman–Crippen LogP) is 2.39. The van der Waals surface area contributed by atoms with E-state index in [9.17, 15) is 0 Å². The Morgan fingerprint density at radius 1 is 0.941 bits per heavy atom. The Balaban J connectivity index is 3.16. The summed E-state index contributed by atoms with van der Waals surface area (Å²) in [6.07, 6.45) is 0. The zero-order valence-electron chi connectivity index (χ0n) is 10.9. The van der Waals surface area contributed by atoms with Crippen LogP contribution >= 0.6 is 0 Å². The summed E-state index contributed by atoms with van der Waals surface area (Å²) in [5.74, 6) is 1.62. The largest absolute Gasteiger partial charge is 0.497 e. The van der Waals surface area contributed by atoms with Crippen LogP contribution in [-0.4, -0.2) is 27.9 Å². The third-order valence-electron chi connectivity index (χ3n) is 2.34. The van der Waals surface area contributed by atoms with Gasteiger partial charge in [0.15, 0.2) is 0 Å². The monoisotopic (exact) mass is 240 g/mol. The highest BCUT2D eigenvalue weighted by Gasteiger charge is 2.12. The van der Waals surface area contributed by atoms with Gasteiger partial charge in [-0.2, -0.15) is 0 Å². The molecule has 0 aliphatic carbocycles. The average molecular weight is 240 g/mol. The molecule has 0 N–H and O–H groups in total. The van der Waals surface area contributed by atoms with Gasteiger partial charge in [0.05, 0.1) is 26.9 Å². The van der Waals surface area contributed by atoms with E-state index in [1.807, 2.05) is 19.1 Å². The molecule has 0 radical (unpaired) electrons. The number of methoxy groups -OCH3 is 3. The Morgan fingerprint density at radius 2 is 1.47 bits per heavy atom. The second-order valence-corrected chi connectivity index (χ2v) is 3.57. The lowest BCUT2D eigenvalue weighted by Crippen LogP contribution is -2.04. The van der Waals surface area contributed by atoms with E-state index in [-0.39, 0.29) is 0 Å². The molecule has 4 heteroatoms. The molecule has 0 fully saturated rings. The maximum absolute atomic E-state index is 5.66. The average Bonchev–Trinajstić information content (AvgIpc) is 2.33. The summed E-state index contributed by atoms with van der Waals surface area (Å²) in [6, 6.07) is 3.85. The Hall–Kier alpha value is -1.26. The minimum absolute atomic E-state index is 0.489. The van der Waals surface area contributed by atoms with Crippen molar-refractivity contribution in [2.45, 2.75) is 20.1 Å². The molecule has 0 spiro atoms. The highest BCUT2D eigenvalue weighted by atomic mass is 16.5. The molecular weight excluding hydrogens is 220 g/mol. The Labute approximate surface area is 102 Å². The highest BCUT2D eigenvalue weighted by molar-refractivity contribution is 5.47. The number of hydrogen-bond acceptors (Lipinski definition) is 4. The fraction of sp³-hybridized carbons (Fsp3) is 0.538. The molecule has 17 heavy (non-hydrogen) atoms. The van der Waals surface area contributed by atoms with Crippen LogP contribution in [0.2, 0.25) is 0 Å². The Kier molecular flexibility index (Phi) is 5.80. The van der Waals surface area contributed by atoms with Gasteiger partial charge in [0.1, 0.15) is 11.5 Å². The quantitative estimate of drug-likeness (QED) is 0.733. The second kappa shape index (κ2) is 7.14. The van der Waals surface area contributed by atoms with E-state index in [2.05, 4.69) is 0 Å². The molecular formula is C13H20O4. The molecule has 1 aromatic carbocycles. The lowest BCUT2D eigenvalue weighted by molar-refractivity contribution is 0.170. The van der Waals surface area contributed by atoms with E-state index in [0.29, 0.717) is 19.8 Å². The molecule has 1 rings (SSSR count). The lowest BCUT2D eigenvalue weighted by atomic mass is 10.1.